The largest absolute Gasteiger partial charge is 0.502 e. The van der Waals surface area contributed by atoms with Gasteiger partial charge in [0.15, 0.2) is 11.4 Å². The zero-order valence-corrected chi connectivity index (χ0v) is 17.7. The van der Waals surface area contributed by atoms with Gasteiger partial charge in [0.2, 0.25) is 5.43 Å². The molecule has 1 unspecified atom stereocenters. The number of fused-ring (bicyclic) bond motifs is 3. The van der Waals surface area contributed by atoms with E-state index < -0.39 is 17.1 Å². The molecule has 3 aromatic rings. The number of benzene rings is 2. The minimum atomic E-state index is -0.579. The lowest BCUT2D eigenvalue weighted by Gasteiger charge is -2.43. The van der Waals surface area contributed by atoms with Gasteiger partial charge in [-0.2, -0.15) is 0 Å². The van der Waals surface area contributed by atoms with Crippen LogP contribution in [0.2, 0.25) is 5.02 Å². The van der Waals surface area contributed by atoms with Crippen LogP contribution in [0.3, 0.4) is 0 Å². The molecule has 0 fully saturated rings. The lowest BCUT2D eigenvalue weighted by molar-refractivity contribution is 0.0726. The number of hydrogen-bond donors (Lipinski definition) is 1. The van der Waals surface area contributed by atoms with Crippen molar-refractivity contribution in [1.82, 2.24) is 9.58 Å². The number of hydrogen-bond acceptors (Lipinski definition) is 5. The van der Waals surface area contributed by atoms with Gasteiger partial charge in [-0.3, -0.25) is 19.3 Å². The van der Waals surface area contributed by atoms with Gasteiger partial charge in [0, 0.05) is 35.0 Å². The minimum Gasteiger partial charge on any atom is -0.502 e. The molecule has 152 valence electrons. The third-order valence-electron chi connectivity index (χ3n) is 5.53. The molecule has 6 nitrogen and oxygen atoms in total. The Balaban J connectivity index is 1.80. The molecule has 1 atom stereocenters. The van der Waals surface area contributed by atoms with E-state index in [1.807, 2.05) is 35.3 Å². The van der Waals surface area contributed by atoms with Crippen LogP contribution in [-0.4, -0.2) is 34.3 Å². The fraction of sp³-hybridized carbons (Fsp3) is 0.182. The molecule has 0 saturated heterocycles. The van der Waals surface area contributed by atoms with Crippen LogP contribution >= 0.6 is 23.4 Å². The highest BCUT2D eigenvalue weighted by atomic mass is 35.5. The summed E-state index contributed by atoms with van der Waals surface area (Å²) in [5, 5.41) is 13.0. The molecule has 2 aromatic carbocycles. The van der Waals surface area contributed by atoms with Gasteiger partial charge < -0.3 is 10.0 Å². The molecule has 2 aliphatic rings. The smallest absolute Gasteiger partial charge is 0.277 e. The summed E-state index contributed by atoms with van der Waals surface area (Å²) in [5.41, 5.74) is 2.69. The van der Waals surface area contributed by atoms with Gasteiger partial charge in [-0.15, -0.1) is 11.8 Å². The van der Waals surface area contributed by atoms with E-state index in [4.69, 9.17) is 11.6 Å². The minimum absolute atomic E-state index is 0.0331. The summed E-state index contributed by atoms with van der Waals surface area (Å²) in [6.07, 6.45) is 1.55. The second-order valence-corrected chi connectivity index (χ2v) is 8.83. The molecule has 0 bridgehead atoms. The van der Waals surface area contributed by atoms with Crippen LogP contribution in [0.25, 0.3) is 0 Å². The third kappa shape index (κ3) is 2.88. The van der Waals surface area contributed by atoms with E-state index in [9.17, 15) is 14.7 Å². The summed E-state index contributed by atoms with van der Waals surface area (Å²) < 4.78 is 1.60. The Hall–Kier alpha value is -2.90. The molecule has 1 aromatic heterocycles. The topological polar surface area (TPSA) is 65.8 Å². The van der Waals surface area contributed by atoms with Gasteiger partial charge in [-0.05, 0) is 34.9 Å². The number of carbonyl (C=O) groups excluding carboxylic acids is 1. The zero-order chi connectivity index (χ0) is 21.0. The molecular weight excluding hydrogens is 422 g/mol. The molecule has 8 heteroatoms. The predicted octanol–water partition coefficient (Wildman–Crippen LogP) is 3.58. The van der Waals surface area contributed by atoms with Crippen molar-refractivity contribution in [3.05, 3.63) is 92.4 Å². The van der Waals surface area contributed by atoms with Crippen LogP contribution in [-0.2, 0) is 5.75 Å². The van der Waals surface area contributed by atoms with Crippen LogP contribution < -0.4 is 10.4 Å². The van der Waals surface area contributed by atoms with Gasteiger partial charge in [-0.1, -0.05) is 35.9 Å². The van der Waals surface area contributed by atoms with E-state index in [0.29, 0.717) is 5.02 Å². The first-order valence-electron chi connectivity index (χ1n) is 9.43. The SMILES string of the molecule is CN1CN(C2c3ccccc3CSc3ccc(Cl)cc32)n2ccc(=O)c(O)c2C1=O. The average molecular weight is 440 g/mol. The lowest BCUT2D eigenvalue weighted by Crippen LogP contribution is -2.54. The Morgan fingerprint density at radius 1 is 1.10 bits per heavy atom. The van der Waals surface area contributed by atoms with E-state index in [2.05, 4.69) is 12.1 Å². The fourth-order valence-electron chi connectivity index (χ4n) is 4.11. The number of carbonyl (C=O) groups is 1. The van der Waals surface area contributed by atoms with E-state index in [0.717, 1.165) is 21.8 Å². The van der Waals surface area contributed by atoms with Gasteiger partial charge in [-0.25, -0.2) is 0 Å². The quantitative estimate of drug-likeness (QED) is 0.627. The summed E-state index contributed by atoms with van der Waals surface area (Å²) in [6, 6.07) is 15.1. The highest BCUT2D eigenvalue weighted by molar-refractivity contribution is 7.98. The van der Waals surface area contributed by atoms with Crippen molar-refractivity contribution in [2.45, 2.75) is 16.7 Å². The number of aromatic nitrogens is 1. The van der Waals surface area contributed by atoms with E-state index in [-0.39, 0.29) is 18.4 Å². The third-order valence-corrected chi connectivity index (χ3v) is 6.91. The first kappa shape index (κ1) is 19.1. The van der Waals surface area contributed by atoms with Crippen molar-refractivity contribution < 1.29 is 9.90 Å². The molecular formula is C22H18ClN3O3S. The Morgan fingerprint density at radius 3 is 2.73 bits per heavy atom. The number of rotatable bonds is 1. The van der Waals surface area contributed by atoms with Crippen molar-refractivity contribution in [2.24, 2.45) is 0 Å². The van der Waals surface area contributed by atoms with Crippen LogP contribution in [0.15, 0.2) is 64.4 Å². The second-order valence-electron chi connectivity index (χ2n) is 7.38. The molecule has 30 heavy (non-hydrogen) atoms. The normalized spacial score (nSPS) is 17.8. The summed E-state index contributed by atoms with van der Waals surface area (Å²) in [6.45, 7) is 0.282. The van der Waals surface area contributed by atoms with Gasteiger partial charge in [0.25, 0.3) is 5.91 Å². The van der Waals surface area contributed by atoms with Crippen LogP contribution in [0.1, 0.15) is 33.2 Å². The van der Waals surface area contributed by atoms with Gasteiger partial charge in [0.1, 0.15) is 6.67 Å². The van der Waals surface area contributed by atoms with E-state index >= 15 is 0 Å². The Morgan fingerprint density at radius 2 is 1.90 bits per heavy atom. The molecule has 3 heterocycles. The lowest BCUT2D eigenvalue weighted by atomic mass is 9.94. The second kappa shape index (κ2) is 7.11. The Bertz CT molecular complexity index is 1240. The number of amides is 1. The number of thioether (sulfide) groups is 1. The van der Waals surface area contributed by atoms with Crippen molar-refractivity contribution in [2.75, 3.05) is 18.7 Å². The monoisotopic (exact) mass is 439 g/mol. The predicted molar refractivity (Wildman–Crippen MR) is 117 cm³/mol. The molecule has 5 rings (SSSR count). The van der Waals surface area contributed by atoms with Crippen molar-refractivity contribution in [3.8, 4) is 5.75 Å². The van der Waals surface area contributed by atoms with Crippen molar-refractivity contribution in [1.29, 1.82) is 0 Å². The molecule has 1 N–H and O–H groups in total. The molecule has 0 aliphatic carbocycles. The maximum atomic E-state index is 12.8. The molecule has 0 spiro atoms. The summed E-state index contributed by atoms with van der Waals surface area (Å²) in [4.78, 5) is 27.4. The van der Waals surface area contributed by atoms with Crippen molar-refractivity contribution >= 4 is 29.3 Å². The molecule has 2 aliphatic heterocycles. The first-order valence-corrected chi connectivity index (χ1v) is 10.8. The molecule has 0 radical (unpaired) electrons. The molecule has 0 saturated carbocycles. The zero-order valence-electron chi connectivity index (χ0n) is 16.1. The number of pyridine rings is 1. The maximum Gasteiger partial charge on any atom is 0.277 e. The highest BCUT2D eigenvalue weighted by Gasteiger charge is 2.37. The summed E-state index contributed by atoms with van der Waals surface area (Å²) >= 11 is 8.12. The number of aromatic hydroxyl groups is 1. The van der Waals surface area contributed by atoms with Crippen LogP contribution in [0.5, 0.6) is 5.75 Å². The Labute approximate surface area is 182 Å². The van der Waals surface area contributed by atoms with Crippen molar-refractivity contribution in [3.63, 3.8) is 0 Å². The van der Waals surface area contributed by atoms with Gasteiger partial charge >= 0.3 is 0 Å². The fourth-order valence-corrected chi connectivity index (χ4v) is 5.36. The van der Waals surface area contributed by atoms with E-state index in [1.54, 1.807) is 29.7 Å². The number of halogens is 1. The highest BCUT2D eigenvalue weighted by Crippen LogP contribution is 2.43. The Kier molecular flexibility index (Phi) is 4.52. The van der Waals surface area contributed by atoms with E-state index in [1.165, 1.54) is 16.5 Å². The maximum absolute atomic E-state index is 12.8. The van der Waals surface area contributed by atoms with Crippen LogP contribution in [0.4, 0.5) is 0 Å². The number of nitrogens with zero attached hydrogens (tertiary/aromatic N) is 3. The summed E-state index contributed by atoms with van der Waals surface area (Å²) in [5.74, 6) is -0.127. The first-order chi connectivity index (χ1) is 14.5. The van der Waals surface area contributed by atoms with Gasteiger partial charge in [0.05, 0.1) is 6.04 Å². The standard InChI is InChI=1S/C22H18ClN3O3S/c1-24-12-26(25-9-8-17(27)21(28)20(25)22(24)29)19-15-5-3-2-4-13(15)11-30-18-7-6-14(23)10-16(18)19/h2-10,19,28H,11-12H2,1H3. The van der Waals surface area contributed by atoms with Crippen LogP contribution in [0, 0.1) is 0 Å². The molecule has 1 amide bonds. The summed E-state index contributed by atoms with van der Waals surface area (Å²) in [7, 11) is 1.66. The average Bonchev–Trinajstić information content (AvgIpc) is 2.89.